The Labute approximate surface area is 110 Å². The maximum Gasteiger partial charge on any atom is 0.150 e. The summed E-state index contributed by atoms with van der Waals surface area (Å²) in [7, 11) is 2.21. The summed E-state index contributed by atoms with van der Waals surface area (Å²) in [4.78, 5) is 13.7. The summed E-state index contributed by atoms with van der Waals surface area (Å²) in [5.74, 6) is 0. The van der Waals surface area contributed by atoms with Crippen LogP contribution in [0.3, 0.4) is 0 Å². The van der Waals surface area contributed by atoms with Gasteiger partial charge in [0.25, 0.3) is 0 Å². The minimum absolute atomic E-state index is 0.402. The van der Waals surface area contributed by atoms with Gasteiger partial charge in [-0.3, -0.25) is 9.69 Å². The highest BCUT2D eigenvalue weighted by Crippen LogP contribution is 2.36. The Morgan fingerprint density at radius 3 is 2.72 bits per heavy atom. The molecule has 0 N–H and O–H groups in total. The average Bonchev–Trinajstić information content (AvgIpc) is 3.23. The third-order valence-corrected chi connectivity index (χ3v) is 3.93. The molecule has 1 fully saturated rings. The summed E-state index contributed by atoms with van der Waals surface area (Å²) in [5.41, 5.74) is 2.06. The molecule has 2 rings (SSSR count). The van der Waals surface area contributed by atoms with Crippen molar-refractivity contribution in [2.24, 2.45) is 0 Å². The second-order valence-corrected chi connectivity index (χ2v) is 5.30. The fraction of sp³-hybridized carbons (Fsp3) is 0.562. The van der Waals surface area contributed by atoms with Gasteiger partial charge in [-0.15, -0.1) is 0 Å². The van der Waals surface area contributed by atoms with E-state index in [-0.39, 0.29) is 0 Å². The Balaban J connectivity index is 2.22. The van der Waals surface area contributed by atoms with E-state index in [0.717, 1.165) is 24.3 Å². The lowest BCUT2D eigenvalue weighted by Gasteiger charge is -2.29. The van der Waals surface area contributed by atoms with E-state index in [0.29, 0.717) is 6.04 Å². The molecule has 0 aliphatic heterocycles. The molecule has 1 aliphatic rings. The number of carbonyl (C=O) groups is 1. The van der Waals surface area contributed by atoms with Gasteiger partial charge in [-0.25, -0.2) is 0 Å². The third kappa shape index (κ3) is 2.99. The summed E-state index contributed by atoms with van der Waals surface area (Å²) < 4.78 is 0. The van der Waals surface area contributed by atoms with Crippen molar-refractivity contribution in [1.29, 1.82) is 0 Å². The molecule has 2 heteroatoms. The second-order valence-electron chi connectivity index (χ2n) is 5.30. The van der Waals surface area contributed by atoms with Crippen LogP contribution in [0.25, 0.3) is 0 Å². The average molecular weight is 245 g/mol. The highest BCUT2D eigenvalue weighted by Gasteiger charge is 2.32. The monoisotopic (exact) mass is 245 g/mol. The molecular formula is C16H23NO. The Morgan fingerprint density at radius 2 is 2.11 bits per heavy atom. The zero-order valence-electron chi connectivity index (χ0n) is 11.4. The molecule has 1 aromatic carbocycles. The molecule has 0 heterocycles. The van der Waals surface area contributed by atoms with Gasteiger partial charge < -0.3 is 0 Å². The maximum absolute atomic E-state index is 11.2. The molecule has 18 heavy (non-hydrogen) atoms. The Bertz CT molecular complexity index is 398. The number of nitrogens with zero attached hydrogens (tertiary/aromatic N) is 1. The highest BCUT2D eigenvalue weighted by atomic mass is 16.1. The molecule has 1 saturated carbocycles. The number of aldehydes is 1. The smallest absolute Gasteiger partial charge is 0.150 e. The quantitative estimate of drug-likeness (QED) is 0.681. The van der Waals surface area contributed by atoms with Crippen molar-refractivity contribution in [3.63, 3.8) is 0 Å². The minimum Gasteiger partial charge on any atom is -0.298 e. The summed E-state index contributed by atoms with van der Waals surface area (Å²) in [5, 5.41) is 0. The van der Waals surface area contributed by atoms with Crippen LogP contribution >= 0.6 is 0 Å². The highest BCUT2D eigenvalue weighted by molar-refractivity contribution is 5.77. The van der Waals surface area contributed by atoms with Crippen LogP contribution in [-0.2, 0) is 0 Å². The summed E-state index contributed by atoms with van der Waals surface area (Å²) >= 11 is 0. The normalized spacial score (nSPS) is 16.8. The molecule has 1 aromatic rings. The van der Waals surface area contributed by atoms with Crippen molar-refractivity contribution in [3.05, 3.63) is 35.4 Å². The van der Waals surface area contributed by atoms with Gasteiger partial charge in [-0.1, -0.05) is 44.0 Å². The molecule has 1 atom stereocenters. The van der Waals surface area contributed by atoms with Crippen molar-refractivity contribution in [3.8, 4) is 0 Å². The lowest BCUT2D eigenvalue weighted by molar-refractivity contribution is 0.111. The molecule has 0 bridgehead atoms. The fourth-order valence-electron chi connectivity index (χ4n) is 2.63. The van der Waals surface area contributed by atoms with Crippen molar-refractivity contribution >= 4 is 6.29 Å². The summed E-state index contributed by atoms with van der Waals surface area (Å²) in [6.07, 6.45) is 7.18. The van der Waals surface area contributed by atoms with Gasteiger partial charge in [0.1, 0.15) is 6.29 Å². The van der Waals surface area contributed by atoms with Gasteiger partial charge in [-0.2, -0.15) is 0 Å². The maximum atomic E-state index is 11.2. The molecule has 0 spiro atoms. The van der Waals surface area contributed by atoms with Crippen LogP contribution < -0.4 is 0 Å². The second kappa shape index (κ2) is 6.14. The Hall–Kier alpha value is -1.15. The topological polar surface area (TPSA) is 20.3 Å². The van der Waals surface area contributed by atoms with Crippen LogP contribution in [0.4, 0.5) is 0 Å². The Kier molecular flexibility index (Phi) is 4.54. The van der Waals surface area contributed by atoms with Crippen LogP contribution in [-0.4, -0.2) is 24.3 Å². The van der Waals surface area contributed by atoms with Crippen LogP contribution in [0.5, 0.6) is 0 Å². The molecule has 1 unspecified atom stereocenters. The van der Waals surface area contributed by atoms with Gasteiger partial charge in [0.05, 0.1) is 0 Å². The molecule has 0 saturated heterocycles. The van der Waals surface area contributed by atoms with Crippen molar-refractivity contribution in [1.82, 2.24) is 4.90 Å². The van der Waals surface area contributed by atoms with Gasteiger partial charge in [0.15, 0.2) is 0 Å². The first kappa shape index (κ1) is 13.3. The zero-order valence-corrected chi connectivity index (χ0v) is 11.4. The van der Waals surface area contributed by atoms with E-state index in [4.69, 9.17) is 0 Å². The van der Waals surface area contributed by atoms with Gasteiger partial charge in [-0.05, 0) is 31.9 Å². The molecule has 0 aromatic heterocycles. The van der Waals surface area contributed by atoms with E-state index in [9.17, 15) is 4.79 Å². The number of hydrogen-bond donors (Lipinski definition) is 0. The van der Waals surface area contributed by atoms with Crippen molar-refractivity contribution in [2.45, 2.75) is 51.1 Å². The van der Waals surface area contributed by atoms with Crippen LogP contribution in [0.2, 0.25) is 0 Å². The van der Waals surface area contributed by atoms with E-state index in [1.54, 1.807) is 0 Å². The predicted molar refractivity (Wildman–Crippen MR) is 74.9 cm³/mol. The molecule has 0 radical (unpaired) electrons. The molecule has 0 amide bonds. The lowest BCUT2D eigenvalue weighted by atomic mass is 9.95. The van der Waals surface area contributed by atoms with E-state index in [1.807, 2.05) is 18.2 Å². The van der Waals surface area contributed by atoms with Crippen LogP contribution in [0.15, 0.2) is 24.3 Å². The molecular weight excluding hydrogens is 222 g/mol. The van der Waals surface area contributed by atoms with Crippen molar-refractivity contribution < 1.29 is 4.79 Å². The van der Waals surface area contributed by atoms with Gasteiger partial charge in [0, 0.05) is 17.6 Å². The third-order valence-electron chi connectivity index (χ3n) is 3.93. The number of hydrogen-bond acceptors (Lipinski definition) is 2. The summed E-state index contributed by atoms with van der Waals surface area (Å²) in [6, 6.07) is 9.17. The fourth-order valence-corrected chi connectivity index (χ4v) is 2.63. The SMILES string of the molecule is CCCCC(c1ccccc1C=O)N(C)C1CC1. The van der Waals surface area contributed by atoms with Crippen LogP contribution in [0, 0.1) is 0 Å². The van der Waals surface area contributed by atoms with E-state index >= 15 is 0 Å². The minimum atomic E-state index is 0.402. The Morgan fingerprint density at radius 1 is 1.39 bits per heavy atom. The molecule has 1 aliphatic carbocycles. The number of rotatable bonds is 7. The molecule has 2 nitrogen and oxygen atoms in total. The summed E-state index contributed by atoms with van der Waals surface area (Å²) in [6.45, 7) is 2.22. The largest absolute Gasteiger partial charge is 0.298 e. The number of unbranched alkanes of at least 4 members (excludes halogenated alkanes) is 1. The van der Waals surface area contributed by atoms with Gasteiger partial charge >= 0.3 is 0 Å². The van der Waals surface area contributed by atoms with E-state index in [1.165, 1.54) is 31.2 Å². The first-order valence-corrected chi connectivity index (χ1v) is 7.04. The zero-order chi connectivity index (χ0) is 13.0. The standard InChI is InChI=1S/C16H23NO/c1-3-4-9-16(17(2)14-10-11-14)15-8-6-5-7-13(15)12-18/h5-8,12,14,16H,3-4,9-11H2,1-2H3. The lowest BCUT2D eigenvalue weighted by Crippen LogP contribution is -2.27. The molecule has 98 valence electrons. The van der Waals surface area contributed by atoms with Crippen LogP contribution in [0.1, 0.15) is 61.0 Å². The van der Waals surface area contributed by atoms with E-state index in [2.05, 4.69) is 24.9 Å². The predicted octanol–water partition coefficient (Wildman–Crippen LogP) is 3.82. The number of carbonyl (C=O) groups excluding carboxylic acids is 1. The van der Waals surface area contributed by atoms with Gasteiger partial charge in [0.2, 0.25) is 0 Å². The number of benzene rings is 1. The first-order chi connectivity index (χ1) is 8.77. The van der Waals surface area contributed by atoms with Crippen molar-refractivity contribution in [2.75, 3.05) is 7.05 Å². The first-order valence-electron chi connectivity index (χ1n) is 7.04. The van der Waals surface area contributed by atoms with E-state index < -0.39 is 0 Å².